The van der Waals surface area contributed by atoms with Gasteiger partial charge in [-0.15, -0.1) is 0 Å². The van der Waals surface area contributed by atoms with Gasteiger partial charge < -0.3 is 9.64 Å². The highest BCUT2D eigenvalue weighted by atomic mass is 16.6. The van der Waals surface area contributed by atoms with Crippen molar-refractivity contribution in [3.8, 4) is 0 Å². The normalized spacial score (nSPS) is 26.0. The van der Waals surface area contributed by atoms with Crippen LogP contribution in [0.1, 0.15) is 31.2 Å². The molecule has 0 radical (unpaired) electrons. The van der Waals surface area contributed by atoms with Gasteiger partial charge in [-0.05, 0) is 30.2 Å². The molecule has 102 valence electrons. The first-order valence-corrected chi connectivity index (χ1v) is 7.28. The Morgan fingerprint density at radius 1 is 1.11 bits per heavy atom. The van der Waals surface area contributed by atoms with Crippen LogP contribution in [-0.4, -0.2) is 24.1 Å². The Labute approximate surface area is 114 Å². The summed E-state index contributed by atoms with van der Waals surface area (Å²) in [5, 5.41) is 0. The molecule has 1 saturated heterocycles. The zero-order valence-corrected chi connectivity index (χ0v) is 11.3. The predicted octanol–water partition coefficient (Wildman–Crippen LogP) is 3.45. The van der Waals surface area contributed by atoms with E-state index in [0.717, 1.165) is 30.5 Å². The molecule has 2 fully saturated rings. The quantitative estimate of drug-likeness (QED) is 0.814. The fourth-order valence-electron chi connectivity index (χ4n) is 3.37. The van der Waals surface area contributed by atoms with Gasteiger partial charge in [0.15, 0.2) is 0 Å². The largest absolute Gasteiger partial charge is 0.445 e. The number of hydrogen-bond donors (Lipinski definition) is 0. The van der Waals surface area contributed by atoms with Crippen molar-refractivity contribution in [1.82, 2.24) is 4.90 Å². The molecule has 0 spiro atoms. The highest BCUT2D eigenvalue weighted by Crippen LogP contribution is 2.36. The molecule has 1 aliphatic heterocycles. The fraction of sp³-hybridized carbons (Fsp3) is 0.562. The molecule has 2 atom stereocenters. The number of carbonyl (C=O) groups excluding carboxylic acids is 1. The second-order valence-corrected chi connectivity index (χ2v) is 5.75. The minimum absolute atomic E-state index is 0.141. The number of fused-ring (bicyclic) bond motifs is 1. The van der Waals surface area contributed by atoms with Crippen LogP contribution in [0.25, 0.3) is 0 Å². The highest BCUT2D eigenvalue weighted by Gasteiger charge is 2.36. The second kappa shape index (κ2) is 5.64. The Kier molecular flexibility index (Phi) is 3.72. The maximum atomic E-state index is 12.1. The SMILES string of the molecule is O=C(OCc1ccccc1)N1CC2CCCCC2C1. The maximum Gasteiger partial charge on any atom is 0.410 e. The van der Waals surface area contributed by atoms with E-state index in [4.69, 9.17) is 4.74 Å². The van der Waals surface area contributed by atoms with Crippen LogP contribution in [0.2, 0.25) is 0 Å². The number of hydrogen-bond acceptors (Lipinski definition) is 2. The lowest BCUT2D eigenvalue weighted by Crippen LogP contribution is -2.29. The molecule has 3 nitrogen and oxygen atoms in total. The van der Waals surface area contributed by atoms with Crippen LogP contribution >= 0.6 is 0 Å². The third-order valence-electron chi connectivity index (χ3n) is 4.44. The number of likely N-dealkylation sites (tertiary alicyclic amines) is 1. The van der Waals surface area contributed by atoms with E-state index in [-0.39, 0.29) is 6.09 Å². The predicted molar refractivity (Wildman–Crippen MR) is 73.6 cm³/mol. The smallest absolute Gasteiger partial charge is 0.410 e. The Morgan fingerprint density at radius 2 is 1.74 bits per heavy atom. The summed E-state index contributed by atoms with van der Waals surface area (Å²) < 4.78 is 5.41. The first-order valence-electron chi connectivity index (χ1n) is 7.28. The van der Waals surface area contributed by atoms with Crippen molar-refractivity contribution in [3.63, 3.8) is 0 Å². The van der Waals surface area contributed by atoms with E-state index in [2.05, 4.69) is 0 Å². The van der Waals surface area contributed by atoms with Gasteiger partial charge in [0.25, 0.3) is 0 Å². The molecular formula is C16H21NO2. The van der Waals surface area contributed by atoms with E-state index in [9.17, 15) is 4.79 Å². The number of carbonyl (C=O) groups is 1. The molecule has 0 aromatic heterocycles. The molecule has 19 heavy (non-hydrogen) atoms. The van der Waals surface area contributed by atoms with Crippen molar-refractivity contribution in [2.75, 3.05) is 13.1 Å². The van der Waals surface area contributed by atoms with Crippen molar-refractivity contribution in [2.45, 2.75) is 32.3 Å². The van der Waals surface area contributed by atoms with Crippen LogP contribution in [0.15, 0.2) is 30.3 Å². The Hall–Kier alpha value is -1.51. The van der Waals surface area contributed by atoms with E-state index < -0.39 is 0 Å². The van der Waals surface area contributed by atoms with E-state index in [1.54, 1.807) is 0 Å². The zero-order chi connectivity index (χ0) is 13.1. The molecule has 1 aromatic rings. The molecular weight excluding hydrogens is 238 g/mol. The topological polar surface area (TPSA) is 29.5 Å². The number of rotatable bonds is 2. The molecule has 1 heterocycles. The molecule has 0 N–H and O–H groups in total. The summed E-state index contributed by atoms with van der Waals surface area (Å²) in [6.45, 7) is 2.18. The number of amides is 1. The van der Waals surface area contributed by atoms with Crippen LogP contribution in [0, 0.1) is 11.8 Å². The van der Waals surface area contributed by atoms with Gasteiger partial charge in [-0.1, -0.05) is 43.2 Å². The summed E-state index contributed by atoms with van der Waals surface area (Å²) in [4.78, 5) is 14.0. The van der Waals surface area contributed by atoms with Crippen molar-refractivity contribution >= 4 is 6.09 Å². The van der Waals surface area contributed by atoms with Gasteiger partial charge in [-0.2, -0.15) is 0 Å². The van der Waals surface area contributed by atoms with Crippen LogP contribution < -0.4 is 0 Å². The first kappa shape index (κ1) is 12.5. The van der Waals surface area contributed by atoms with Gasteiger partial charge in [-0.25, -0.2) is 4.79 Å². The Morgan fingerprint density at radius 3 is 2.37 bits per heavy atom. The maximum absolute atomic E-state index is 12.1. The van der Waals surface area contributed by atoms with Gasteiger partial charge in [0, 0.05) is 13.1 Å². The lowest BCUT2D eigenvalue weighted by Gasteiger charge is -2.22. The van der Waals surface area contributed by atoms with Gasteiger partial charge in [0.2, 0.25) is 0 Å². The average Bonchev–Trinajstić information content (AvgIpc) is 2.90. The highest BCUT2D eigenvalue weighted by molar-refractivity contribution is 5.68. The van der Waals surface area contributed by atoms with Crippen LogP contribution in [0.4, 0.5) is 4.79 Å². The lowest BCUT2D eigenvalue weighted by atomic mass is 9.82. The van der Waals surface area contributed by atoms with Crippen molar-refractivity contribution < 1.29 is 9.53 Å². The van der Waals surface area contributed by atoms with E-state index in [0.29, 0.717) is 6.61 Å². The third-order valence-corrected chi connectivity index (χ3v) is 4.44. The number of nitrogens with zero attached hydrogens (tertiary/aromatic N) is 1. The summed E-state index contributed by atoms with van der Waals surface area (Å²) in [6.07, 6.45) is 5.08. The fourth-order valence-corrected chi connectivity index (χ4v) is 3.37. The van der Waals surface area contributed by atoms with Gasteiger partial charge in [0.05, 0.1) is 0 Å². The molecule has 1 aromatic carbocycles. The summed E-state index contributed by atoms with van der Waals surface area (Å²) >= 11 is 0. The minimum atomic E-state index is -0.141. The third kappa shape index (κ3) is 2.91. The molecule has 1 aliphatic carbocycles. The number of ether oxygens (including phenoxy) is 1. The van der Waals surface area contributed by atoms with Crippen LogP contribution in [0.5, 0.6) is 0 Å². The molecule has 2 aliphatic rings. The van der Waals surface area contributed by atoms with Gasteiger partial charge >= 0.3 is 6.09 Å². The summed E-state index contributed by atoms with van der Waals surface area (Å²) in [6, 6.07) is 9.87. The molecule has 3 rings (SSSR count). The van der Waals surface area contributed by atoms with Gasteiger partial charge in [0.1, 0.15) is 6.61 Å². The summed E-state index contributed by atoms with van der Waals surface area (Å²) in [7, 11) is 0. The van der Waals surface area contributed by atoms with E-state index in [1.165, 1.54) is 25.7 Å². The van der Waals surface area contributed by atoms with Crippen molar-refractivity contribution in [1.29, 1.82) is 0 Å². The molecule has 3 heteroatoms. The van der Waals surface area contributed by atoms with Crippen LogP contribution in [-0.2, 0) is 11.3 Å². The zero-order valence-electron chi connectivity index (χ0n) is 11.3. The Balaban J connectivity index is 1.51. The monoisotopic (exact) mass is 259 g/mol. The standard InChI is InChI=1S/C16H21NO2/c18-16(19-12-13-6-2-1-3-7-13)17-10-14-8-4-5-9-15(14)11-17/h1-3,6-7,14-15H,4-5,8-12H2. The summed E-state index contributed by atoms with van der Waals surface area (Å²) in [5.74, 6) is 1.44. The molecule has 1 amide bonds. The van der Waals surface area contributed by atoms with Crippen LogP contribution in [0.3, 0.4) is 0 Å². The van der Waals surface area contributed by atoms with Gasteiger partial charge in [-0.3, -0.25) is 0 Å². The molecule has 2 unspecified atom stereocenters. The first-order chi connectivity index (χ1) is 9.33. The average molecular weight is 259 g/mol. The minimum Gasteiger partial charge on any atom is -0.445 e. The summed E-state index contributed by atoms with van der Waals surface area (Å²) in [5.41, 5.74) is 1.05. The van der Waals surface area contributed by atoms with E-state index >= 15 is 0 Å². The number of benzene rings is 1. The van der Waals surface area contributed by atoms with E-state index in [1.807, 2.05) is 35.2 Å². The van der Waals surface area contributed by atoms with Crippen molar-refractivity contribution in [2.24, 2.45) is 11.8 Å². The molecule has 1 saturated carbocycles. The Bertz CT molecular complexity index is 418. The molecule has 0 bridgehead atoms. The lowest BCUT2D eigenvalue weighted by molar-refractivity contribution is 0.102. The second-order valence-electron chi connectivity index (χ2n) is 5.75. The van der Waals surface area contributed by atoms with Crippen molar-refractivity contribution in [3.05, 3.63) is 35.9 Å².